The van der Waals surface area contributed by atoms with E-state index in [1.807, 2.05) is 49.5 Å². The lowest BCUT2D eigenvalue weighted by molar-refractivity contribution is 0.179. The van der Waals surface area contributed by atoms with E-state index in [4.69, 9.17) is 0 Å². The van der Waals surface area contributed by atoms with Gasteiger partial charge in [-0.2, -0.15) is 0 Å². The van der Waals surface area contributed by atoms with E-state index in [1.54, 1.807) is 0 Å². The summed E-state index contributed by atoms with van der Waals surface area (Å²) in [6.45, 7) is 2.01. The van der Waals surface area contributed by atoms with Gasteiger partial charge in [-0.15, -0.1) is 0 Å². The second-order valence-electron chi connectivity index (χ2n) is 5.12. The third kappa shape index (κ3) is 2.56. The van der Waals surface area contributed by atoms with Gasteiger partial charge >= 0.3 is 0 Å². The van der Waals surface area contributed by atoms with Crippen LogP contribution in [-0.4, -0.2) is 10.1 Å². The van der Waals surface area contributed by atoms with E-state index in [2.05, 4.69) is 23.2 Å². The van der Waals surface area contributed by atoms with Crippen molar-refractivity contribution in [3.05, 3.63) is 77.6 Å². The second kappa shape index (κ2) is 5.43. The summed E-state index contributed by atoms with van der Waals surface area (Å²) in [5, 5.41) is 12.8. The molecule has 20 heavy (non-hydrogen) atoms. The van der Waals surface area contributed by atoms with Crippen LogP contribution in [0.15, 0.2) is 60.8 Å². The van der Waals surface area contributed by atoms with Crippen LogP contribution in [0.4, 0.5) is 0 Å². The minimum atomic E-state index is -0.531. The van der Waals surface area contributed by atoms with Gasteiger partial charge in [-0.05, 0) is 34.9 Å². The number of rotatable bonds is 3. The lowest BCUT2D eigenvalue weighted by atomic mass is 9.97. The summed E-state index contributed by atoms with van der Waals surface area (Å²) in [5.41, 5.74) is 3.01. The maximum atomic E-state index is 10.5. The monoisotopic (exact) mass is 263 g/mol. The molecule has 1 atom stereocenters. The lowest BCUT2D eigenvalue weighted by Crippen LogP contribution is -2.04. The number of aromatic nitrogens is 1. The molecule has 0 aliphatic heterocycles. The number of fused-ring (bicyclic) bond motifs is 1. The zero-order chi connectivity index (χ0) is 13.9. The minimum Gasteiger partial charge on any atom is -0.388 e. The maximum absolute atomic E-state index is 10.5. The van der Waals surface area contributed by atoms with Crippen molar-refractivity contribution in [3.8, 4) is 0 Å². The molecule has 1 aromatic heterocycles. The van der Waals surface area contributed by atoms with Gasteiger partial charge in [-0.1, -0.05) is 48.5 Å². The zero-order valence-electron chi connectivity index (χ0n) is 11.5. The van der Waals surface area contributed by atoms with Gasteiger partial charge in [0.05, 0.1) is 6.10 Å². The molecule has 3 rings (SSSR count). The van der Waals surface area contributed by atoms with Crippen LogP contribution in [-0.2, 0) is 6.42 Å². The van der Waals surface area contributed by atoms with Crippen LogP contribution in [0.1, 0.15) is 22.9 Å². The predicted molar refractivity (Wildman–Crippen MR) is 81.6 cm³/mol. The Bertz CT molecular complexity index is 714. The van der Waals surface area contributed by atoms with Crippen molar-refractivity contribution >= 4 is 10.8 Å². The molecule has 0 fully saturated rings. The van der Waals surface area contributed by atoms with Crippen LogP contribution in [0.5, 0.6) is 0 Å². The minimum absolute atomic E-state index is 0.531. The van der Waals surface area contributed by atoms with Crippen LogP contribution >= 0.6 is 0 Å². The summed E-state index contributed by atoms with van der Waals surface area (Å²) in [4.78, 5) is 4.36. The van der Waals surface area contributed by atoms with Crippen molar-refractivity contribution < 1.29 is 5.11 Å². The fraction of sp³-hybridized carbons (Fsp3) is 0.167. The van der Waals surface area contributed by atoms with E-state index in [-0.39, 0.29) is 0 Å². The Morgan fingerprint density at radius 1 is 1.00 bits per heavy atom. The fourth-order valence-corrected chi connectivity index (χ4v) is 2.47. The number of benzene rings is 2. The van der Waals surface area contributed by atoms with E-state index in [1.165, 1.54) is 0 Å². The van der Waals surface area contributed by atoms with Crippen LogP contribution in [0.2, 0.25) is 0 Å². The number of aliphatic hydroxyl groups is 1. The van der Waals surface area contributed by atoms with Crippen molar-refractivity contribution in [1.82, 2.24) is 4.98 Å². The number of aryl methyl sites for hydroxylation is 1. The molecule has 1 unspecified atom stereocenters. The van der Waals surface area contributed by atoms with Gasteiger partial charge in [0, 0.05) is 18.3 Å². The number of pyridine rings is 1. The van der Waals surface area contributed by atoms with Gasteiger partial charge in [0.15, 0.2) is 0 Å². The summed E-state index contributed by atoms with van der Waals surface area (Å²) < 4.78 is 0. The van der Waals surface area contributed by atoms with Gasteiger partial charge < -0.3 is 5.11 Å². The molecule has 0 saturated carbocycles. The highest BCUT2D eigenvalue weighted by Crippen LogP contribution is 2.26. The Kier molecular flexibility index (Phi) is 3.48. The largest absolute Gasteiger partial charge is 0.388 e. The molecule has 0 saturated heterocycles. The Morgan fingerprint density at radius 2 is 1.80 bits per heavy atom. The van der Waals surface area contributed by atoms with Gasteiger partial charge in [-0.25, -0.2) is 0 Å². The van der Waals surface area contributed by atoms with Crippen LogP contribution in [0.3, 0.4) is 0 Å². The Hall–Kier alpha value is -2.19. The predicted octanol–water partition coefficient (Wildman–Crippen LogP) is 3.82. The number of nitrogens with zero attached hydrogens (tertiary/aromatic N) is 1. The second-order valence-corrected chi connectivity index (χ2v) is 5.12. The number of hydrogen-bond donors (Lipinski definition) is 1. The standard InChI is InChI=1S/C18H17NO/c1-13-9-10-15(19-12-13)11-18(20)17-8-4-6-14-5-2-3-7-16(14)17/h2-10,12,18,20H,11H2,1H3. The topological polar surface area (TPSA) is 33.1 Å². The number of aliphatic hydroxyl groups excluding tert-OH is 1. The molecule has 0 aliphatic carbocycles. The summed E-state index contributed by atoms with van der Waals surface area (Å²) in [7, 11) is 0. The highest BCUT2D eigenvalue weighted by Gasteiger charge is 2.12. The molecular weight excluding hydrogens is 246 g/mol. The average Bonchev–Trinajstić information content (AvgIpc) is 2.49. The zero-order valence-corrected chi connectivity index (χ0v) is 11.5. The van der Waals surface area contributed by atoms with Gasteiger partial charge in [-0.3, -0.25) is 4.98 Å². The SMILES string of the molecule is Cc1ccc(CC(O)c2cccc3ccccc23)nc1. The summed E-state index contributed by atoms with van der Waals surface area (Å²) in [6, 6.07) is 18.2. The van der Waals surface area contributed by atoms with Crippen molar-refractivity contribution in [2.24, 2.45) is 0 Å². The summed E-state index contributed by atoms with van der Waals surface area (Å²) in [5.74, 6) is 0. The van der Waals surface area contributed by atoms with Crippen molar-refractivity contribution in [3.63, 3.8) is 0 Å². The molecule has 0 bridgehead atoms. The lowest BCUT2D eigenvalue weighted by Gasteiger charge is -2.13. The third-order valence-electron chi connectivity index (χ3n) is 3.56. The maximum Gasteiger partial charge on any atom is 0.0851 e. The normalized spacial score (nSPS) is 12.5. The molecule has 100 valence electrons. The first-order chi connectivity index (χ1) is 9.74. The van der Waals surface area contributed by atoms with Crippen molar-refractivity contribution in [2.75, 3.05) is 0 Å². The highest BCUT2D eigenvalue weighted by atomic mass is 16.3. The molecule has 0 amide bonds. The summed E-state index contributed by atoms with van der Waals surface area (Å²) in [6.07, 6.45) is 1.84. The molecule has 1 heterocycles. The van der Waals surface area contributed by atoms with Crippen LogP contribution in [0.25, 0.3) is 10.8 Å². The van der Waals surface area contributed by atoms with E-state index in [9.17, 15) is 5.11 Å². The van der Waals surface area contributed by atoms with Crippen LogP contribution < -0.4 is 0 Å². The first-order valence-electron chi connectivity index (χ1n) is 6.81. The van der Waals surface area contributed by atoms with E-state index in [0.717, 1.165) is 27.6 Å². The first kappa shape index (κ1) is 12.8. The molecule has 0 spiro atoms. The quantitative estimate of drug-likeness (QED) is 0.779. The van der Waals surface area contributed by atoms with Gasteiger partial charge in [0.1, 0.15) is 0 Å². The molecule has 3 aromatic rings. The number of hydrogen-bond acceptors (Lipinski definition) is 2. The Balaban J connectivity index is 1.92. The first-order valence-corrected chi connectivity index (χ1v) is 6.81. The molecule has 2 aromatic carbocycles. The molecule has 0 radical (unpaired) electrons. The Morgan fingerprint density at radius 3 is 2.60 bits per heavy atom. The molecule has 0 aliphatic rings. The van der Waals surface area contributed by atoms with Crippen LogP contribution in [0, 0.1) is 6.92 Å². The van der Waals surface area contributed by atoms with Crippen molar-refractivity contribution in [2.45, 2.75) is 19.4 Å². The van der Waals surface area contributed by atoms with E-state index < -0.39 is 6.10 Å². The molecule has 2 heteroatoms. The molecular formula is C18H17NO. The van der Waals surface area contributed by atoms with E-state index in [0.29, 0.717) is 6.42 Å². The Labute approximate surface area is 118 Å². The van der Waals surface area contributed by atoms with E-state index >= 15 is 0 Å². The molecule has 2 nitrogen and oxygen atoms in total. The fourth-order valence-electron chi connectivity index (χ4n) is 2.47. The smallest absolute Gasteiger partial charge is 0.0851 e. The van der Waals surface area contributed by atoms with Gasteiger partial charge in [0.25, 0.3) is 0 Å². The third-order valence-corrected chi connectivity index (χ3v) is 3.56. The van der Waals surface area contributed by atoms with Gasteiger partial charge in [0.2, 0.25) is 0 Å². The highest BCUT2D eigenvalue weighted by molar-refractivity contribution is 5.85. The average molecular weight is 263 g/mol. The van der Waals surface area contributed by atoms with Crippen molar-refractivity contribution in [1.29, 1.82) is 0 Å². The summed E-state index contributed by atoms with van der Waals surface area (Å²) >= 11 is 0. The molecule has 1 N–H and O–H groups in total.